The van der Waals surface area contributed by atoms with Crippen molar-refractivity contribution in [2.45, 2.75) is 53.0 Å². The Hall–Kier alpha value is -0.610. The van der Waals surface area contributed by atoms with E-state index in [1.54, 1.807) is 0 Å². The third-order valence-corrected chi connectivity index (χ3v) is 3.63. The normalized spacial score (nSPS) is 13.2. The van der Waals surface area contributed by atoms with E-state index in [1.165, 1.54) is 0 Å². The summed E-state index contributed by atoms with van der Waals surface area (Å²) in [6.07, 6.45) is 2.84. The fourth-order valence-electron chi connectivity index (χ4n) is 2.34. The number of unbranched alkanes of at least 4 members (excludes halogenated alkanes) is 1. The zero-order chi connectivity index (χ0) is 14.0. The molecule has 1 atom stereocenters. The van der Waals surface area contributed by atoms with Crippen molar-refractivity contribution in [3.63, 3.8) is 0 Å². The lowest BCUT2D eigenvalue weighted by molar-refractivity contribution is -0.143. The van der Waals surface area contributed by atoms with Gasteiger partial charge in [0, 0.05) is 0 Å². The van der Waals surface area contributed by atoms with Crippen LogP contribution in [0.4, 0.5) is 0 Å². The first-order valence-electron chi connectivity index (χ1n) is 7.29. The maximum atomic E-state index is 11.2. The Morgan fingerprint density at radius 3 is 1.94 bits per heavy atom. The summed E-state index contributed by atoms with van der Waals surface area (Å²) < 4.78 is 0. The van der Waals surface area contributed by atoms with Crippen LogP contribution in [0.15, 0.2) is 0 Å². The van der Waals surface area contributed by atoms with Crippen LogP contribution in [0.5, 0.6) is 0 Å². The van der Waals surface area contributed by atoms with Crippen molar-refractivity contribution >= 4 is 5.97 Å². The van der Waals surface area contributed by atoms with Gasteiger partial charge in [0.15, 0.2) is 0 Å². The number of rotatable bonds is 11. The molecule has 0 amide bonds. The average Bonchev–Trinajstić information content (AvgIpc) is 2.37. The molecule has 0 rings (SSSR count). The van der Waals surface area contributed by atoms with Crippen molar-refractivity contribution in [1.82, 2.24) is 9.80 Å². The predicted octanol–water partition coefficient (Wildman–Crippen LogP) is 2.29. The number of hydrogen-bond donors (Lipinski definition) is 1. The molecule has 0 fully saturated rings. The number of nitrogens with zero attached hydrogens (tertiary/aromatic N) is 2. The third-order valence-electron chi connectivity index (χ3n) is 3.63. The maximum Gasteiger partial charge on any atom is 0.320 e. The number of likely N-dealkylation sites (N-methyl/N-ethyl adjacent to an activating group) is 1. The molecule has 0 aliphatic heterocycles. The number of aliphatic carboxylic acids is 1. The standard InChI is InChI=1S/C14H30N2O2/c1-5-15(6-2)12-10-9-11-13(14(17)18)16(7-3)8-4/h13H,5-12H2,1-4H3,(H,17,18). The van der Waals surface area contributed by atoms with Gasteiger partial charge in [0.1, 0.15) is 6.04 Å². The molecule has 0 aromatic rings. The van der Waals surface area contributed by atoms with Crippen LogP contribution in [0.2, 0.25) is 0 Å². The lowest BCUT2D eigenvalue weighted by atomic mass is 10.1. The minimum Gasteiger partial charge on any atom is -0.480 e. The van der Waals surface area contributed by atoms with Gasteiger partial charge in [-0.15, -0.1) is 0 Å². The summed E-state index contributed by atoms with van der Waals surface area (Å²) in [5, 5.41) is 9.25. The molecule has 108 valence electrons. The molecule has 0 radical (unpaired) electrons. The van der Waals surface area contributed by atoms with Gasteiger partial charge >= 0.3 is 5.97 Å². The van der Waals surface area contributed by atoms with Gasteiger partial charge in [0.25, 0.3) is 0 Å². The van der Waals surface area contributed by atoms with Crippen LogP contribution < -0.4 is 0 Å². The summed E-state index contributed by atoms with van der Waals surface area (Å²) in [7, 11) is 0. The molecule has 0 saturated carbocycles. The van der Waals surface area contributed by atoms with Gasteiger partial charge in [0.2, 0.25) is 0 Å². The van der Waals surface area contributed by atoms with Crippen molar-refractivity contribution in [3.8, 4) is 0 Å². The SMILES string of the molecule is CCN(CC)CCCCC(C(=O)O)N(CC)CC. The summed E-state index contributed by atoms with van der Waals surface area (Å²) in [4.78, 5) is 15.7. The van der Waals surface area contributed by atoms with Crippen LogP contribution >= 0.6 is 0 Å². The van der Waals surface area contributed by atoms with Crippen LogP contribution in [0.3, 0.4) is 0 Å². The van der Waals surface area contributed by atoms with E-state index in [1.807, 2.05) is 18.7 Å². The van der Waals surface area contributed by atoms with E-state index in [-0.39, 0.29) is 6.04 Å². The second-order valence-electron chi connectivity index (χ2n) is 4.60. The highest BCUT2D eigenvalue weighted by atomic mass is 16.4. The smallest absolute Gasteiger partial charge is 0.320 e. The summed E-state index contributed by atoms with van der Waals surface area (Å²) >= 11 is 0. The van der Waals surface area contributed by atoms with Gasteiger partial charge in [0.05, 0.1) is 0 Å². The van der Waals surface area contributed by atoms with Crippen LogP contribution in [0.25, 0.3) is 0 Å². The molecule has 1 unspecified atom stereocenters. The summed E-state index contributed by atoms with van der Waals surface area (Å²) in [6.45, 7) is 13.2. The van der Waals surface area contributed by atoms with Crippen LogP contribution in [0, 0.1) is 0 Å². The van der Waals surface area contributed by atoms with Crippen molar-refractivity contribution in [2.24, 2.45) is 0 Å². The van der Waals surface area contributed by atoms with Crippen LogP contribution in [-0.2, 0) is 4.79 Å². The molecule has 0 aliphatic rings. The highest BCUT2D eigenvalue weighted by Crippen LogP contribution is 2.10. The number of carboxylic acid groups (broad SMARTS) is 1. The van der Waals surface area contributed by atoms with Gasteiger partial charge < -0.3 is 10.0 Å². The van der Waals surface area contributed by atoms with E-state index >= 15 is 0 Å². The monoisotopic (exact) mass is 258 g/mol. The highest BCUT2D eigenvalue weighted by Gasteiger charge is 2.22. The Morgan fingerprint density at radius 1 is 1.00 bits per heavy atom. The van der Waals surface area contributed by atoms with Crippen molar-refractivity contribution in [2.75, 3.05) is 32.7 Å². The van der Waals surface area contributed by atoms with E-state index in [0.29, 0.717) is 0 Å². The van der Waals surface area contributed by atoms with E-state index in [0.717, 1.165) is 52.0 Å². The average molecular weight is 258 g/mol. The summed E-state index contributed by atoms with van der Waals surface area (Å²) in [5.41, 5.74) is 0. The molecule has 0 saturated heterocycles. The van der Waals surface area contributed by atoms with Gasteiger partial charge in [-0.1, -0.05) is 34.1 Å². The second-order valence-corrected chi connectivity index (χ2v) is 4.60. The first kappa shape index (κ1) is 17.4. The first-order chi connectivity index (χ1) is 8.60. The Morgan fingerprint density at radius 2 is 1.56 bits per heavy atom. The van der Waals surface area contributed by atoms with E-state index in [2.05, 4.69) is 18.7 Å². The first-order valence-corrected chi connectivity index (χ1v) is 7.29. The molecule has 0 aliphatic carbocycles. The summed E-state index contributed by atoms with van der Waals surface area (Å²) in [5.74, 6) is -0.679. The van der Waals surface area contributed by atoms with Crippen LogP contribution in [0.1, 0.15) is 47.0 Å². The number of carboxylic acids is 1. The molecular weight excluding hydrogens is 228 g/mol. The topological polar surface area (TPSA) is 43.8 Å². The van der Waals surface area contributed by atoms with E-state index < -0.39 is 5.97 Å². The van der Waals surface area contributed by atoms with Crippen molar-refractivity contribution < 1.29 is 9.90 Å². The third kappa shape index (κ3) is 6.36. The van der Waals surface area contributed by atoms with Gasteiger partial charge in [-0.05, 0) is 45.6 Å². The molecule has 0 bridgehead atoms. The maximum absolute atomic E-state index is 11.2. The fraction of sp³-hybridized carbons (Fsp3) is 0.929. The molecule has 18 heavy (non-hydrogen) atoms. The zero-order valence-electron chi connectivity index (χ0n) is 12.5. The Bertz CT molecular complexity index is 214. The molecule has 1 N–H and O–H groups in total. The predicted molar refractivity (Wildman–Crippen MR) is 76.0 cm³/mol. The van der Waals surface area contributed by atoms with Gasteiger partial charge in [-0.3, -0.25) is 9.69 Å². The zero-order valence-corrected chi connectivity index (χ0v) is 12.5. The molecule has 0 heterocycles. The summed E-state index contributed by atoms with van der Waals surface area (Å²) in [6, 6.07) is -0.309. The van der Waals surface area contributed by atoms with E-state index in [9.17, 15) is 9.90 Å². The molecule has 4 heteroatoms. The Kier molecular flexibility index (Phi) is 9.98. The fourth-order valence-corrected chi connectivity index (χ4v) is 2.34. The highest BCUT2D eigenvalue weighted by molar-refractivity contribution is 5.73. The Labute approximate surface area is 112 Å². The van der Waals surface area contributed by atoms with E-state index in [4.69, 9.17) is 0 Å². The molecule has 0 spiro atoms. The minimum absolute atomic E-state index is 0.309. The van der Waals surface area contributed by atoms with Gasteiger partial charge in [-0.25, -0.2) is 0 Å². The number of carbonyl (C=O) groups is 1. The van der Waals surface area contributed by atoms with Crippen molar-refractivity contribution in [3.05, 3.63) is 0 Å². The molecular formula is C14H30N2O2. The molecule has 0 aromatic heterocycles. The lowest BCUT2D eigenvalue weighted by Crippen LogP contribution is -2.41. The Balaban J connectivity index is 4.01. The lowest BCUT2D eigenvalue weighted by Gasteiger charge is -2.26. The molecule has 4 nitrogen and oxygen atoms in total. The van der Waals surface area contributed by atoms with Gasteiger partial charge in [-0.2, -0.15) is 0 Å². The second kappa shape index (κ2) is 10.3. The quantitative estimate of drug-likeness (QED) is 0.578. The molecule has 0 aromatic carbocycles. The van der Waals surface area contributed by atoms with Crippen molar-refractivity contribution in [1.29, 1.82) is 0 Å². The van der Waals surface area contributed by atoms with Crippen LogP contribution in [-0.4, -0.2) is 59.6 Å². The number of hydrogen-bond acceptors (Lipinski definition) is 3. The minimum atomic E-state index is -0.679. The largest absolute Gasteiger partial charge is 0.480 e.